The van der Waals surface area contributed by atoms with Crippen LogP contribution in [0.3, 0.4) is 0 Å². The third-order valence-electron chi connectivity index (χ3n) is 3.66. The molecule has 124 valence electrons. The van der Waals surface area contributed by atoms with Crippen LogP contribution in [-0.2, 0) is 10.5 Å². The summed E-state index contributed by atoms with van der Waals surface area (Å²) in [5.41, 5.74) is 1.51. The van der Waals surface area contributed by atoms with Gasteiger partial charge in [0, 0.05) is 24.1 Å². The van der Waals surface area contributed by atoms with Crippen LogP contribution in [0, 0.1) is 11.3 Å². The van der Waals surface area contributed by atoms with Gasteiger partial charge in [-0.05, 0) is 51.3 Å². The lowest BCUT2D eigenvalue weighted by molar-refractivity contribution is 0.0219. The second kappa shape index (κ2) is 7.74. The van der Waals surface area contributed by atoms with E-state index in [-0.39, 0.29) is 6.09 Å². The molecular formula is C18H24N2O2S. The number of hydrogen-bond acceptors (Lipinski definition) is 4. The molecule has 0 radical (unpaired) electrons. The highest BCUT2D eigenvalue weighted by Gasteiger charge is 2.26. The first kappa shape index (κ1) is 17.7. The molecule has 1 aromatic carbocycles. The molecule has 0 aliphatic carbocycles. The van der Waals surface area contributed by atoms with E-state index >= 15 is 0 Å². The highest BCUT2D eigenvalue weighted by Crippen LogP contribution is 2.27. The highest BCUT2D eigenvalue weighted by atomic mass is 32.2. The van der Waals surface area contributed by atoms with E-state index in [0.29, 0.717) is 10.8 Å². The Morgan fingerprint density at radius 1 is 1.30 bits per heavy atom. The SMILES string of the molecule is CC(C)(C)OC(=O)N1CCC(SCc2ccc(C#N)cc2)CC1. The number of piperidine rings is 1. The predicted molar refractivity (Wildman–Crippen MR) is 93.3 cm³/mol. The highest BCUT2D eigenvalue weighted by molar-refractivity contribution is 7.99. The third kappa shape index (κ3) is 5.80. The number of nitrogens with zero attached hydrogens (tertiary/aromatic N) is 2. The van der Waals surface area contributed by atoms with E-state index in [1.807, 2.05) is 61.7 Å². The second-order valence-corrected chi connectivity index (χ2v) is 8.08. The smallest absolute Gasteiger partial charge is 0.410 e. The number of ether oxygens (including phenoxy) is 1. The Morgan fingerprint density at radius 3 is 2.43 bits per heavy atom. The van der Waals surface area contributed by atoms with E-state index in [1.165, 1.54) is 5.56 Å². The Kier molecular flexibility index (Phi) is 5.95. The van der Waals surface area contributed by atoms with E-state index in [2.05, 4.69) is 6.07 Å². The number of likely N-dealkylation sites (tertiary alicyclic amines) is 1. The first-order valence-corrected chi connectivity index (χ1v) is 9.01. The summed E-state index contributed by atoms with van der Waals surface area (Å²) in [6, 6.07) is 9.89. The van der Waals surface area contributed by atoms with Gasteiger partial charge in [0.15, 0.2) is 0 Å². The first-order chi connectivity index (χ1) is 10.9. The fourth-order valence-electron chi connectivity index (χ4n) is 2.42. The lowest BCUT2D eigenvalue weighted by Gasteiger charge is -2.33. The molecule has 1 aliphatic heterocycles. The molecule has 0 saturated carbocycles. The molecule has 0 aromatic heterocycles. The minimum atomic E-state index is -0.432. The quantitative estimate of drug-likeness (QED) is 0.833. The molecule has 0 unspecified atom stereocenters. The van der Waals surface area contributed by atoms with Crippen molar-refractivity contribution in [1.82, 2.24) is 4.90 Å². The minimum Gasteiger partial charge on any atom is -0.444 e. The van der Waals surface area contributed by atoms with E-state index in [4.69, 9.17) is 10.00 Å². The lowest BCUT2D eigenvalue weighted by atomic mass is 10.1. The fourth-order valence-corrected chi connectivity index (χ4v) is 3.59. The van der Waals surface area contributed by atoms with Gasteiger partial charge in [-0.15, -0.1) is 0 Å². The Labute approximate surface area is 142 Å². The van der Waals surface area contributed by atoms with Gasteiger partial charge < -0.3 is 9.64 Å². The van der Waals surface area contributed by atoms with Gasteiger partial charge in [0.1, 0.15) is 5.60 Å². The molecule has 5 heteroatoms. The molecule has 23 heavy (non-hydrogen) atoms. The van der Waals surface area contributed by atoms with Crippen LogP contribution < -0.4 is 0 Å². The number of amides is 1. The van der Waals surface area contributed by atoms with Gasteiger partial charge in [0.05, 0.1) is 11.6 Å². The van der Waals surface area contributed by atoms with E-state index in [9.17, 15) is 4.79 Å². The van der Waals surface area contributed by atoms with Crippen molar-refractivity contribution in [3.63, 3.8) is 0 Å². The lowest BCUT2D eigenvalue weighted by Crippen LogP contribution is -2.42. The average molecular weight is 332 g/mol. The number of carbonyl (C=O) groups is 1. The maximum Gasteiger partial charge on any atom is 0.410 e. The van der Waals surface area contributed by atoms with Crippen LogP contribution in [0.4, 0.5) is 4.79 Å². The van der Waals surface area contributed by atoms with Gasteiger partial charge in [0.25, 0.3) is 0 Å². The number of rotatable bonds is 3. The normalized spacial score (nSPS) is 16.0. The van der Waals surface area contributed by atoms with Crippen molar-refractivity contribution in [2.75, 3.05) is 13.1 Å². The van der Waals surface area contributed by atoms with Gasteiger partial charge in [-0.25, -0.2) is 4.79 Å². The average Bonchev–Trinajstić information content (AvgIpc) is 2.52. The Bertz CT molecular complexity index is 564. The second-order valence-electron chi connectivity index (χ2n) is 6.79. The number of benzene rings is 1. The minimum absolute atomic E-state index is 0.201. The van der Waals surface area contributed by atoms with Crippen LogP contribution in [0.2, 0.25) is 0 Å². The van der Waals surface area contributed by atoms with Crippen LogP contribution >= 0.6 is 11.8 Å². The summed E-state index contributed by atoms with van der Waals surface area (Å²) in [5.74, 6) is 0.947. The van der Waals surface area contributed by atoms with Crippen molar-refractivity contribution in [2.24, 2.45) is 0 Å². The summed E-state index contributed by atoms with van der Waals surface area (Å²) < 4.78 is 5.42. The number of carbonyl (C=O) groups excluding carboxylic acids is 1. The largest absolute Gasteiger partial charge is 0.444 e. The first-order valence-electron chi connectivity index (χ1n) is 7.96. The topological polar surface area (TPSA) is 53.3 Å². The van der Waals surface area contributed by atoms with Crippen molar-refractivity contribution in [1.29, 1.82) is 5.26 Å². The maximum absolute atomic E-state index is 12.0. The van der Waals surface area contributed by atoms with Crippen LogP contribution in [0.5, 0.6) is 0 Å². The van der Waals surface area contributed by atoms with Gasteiger partial charge in [0.2, 0.25) is 0 Å². The Hall–Kier alpha value is -1.67. The molecule has 0 N–H and O–H groups in total. The molecule has 0 atom stereocenters. The van der Waals surface area contributed by atoms with Crippen molar-refractivity contribution >= 4 is 17.9 Å². The molecule has 0 bridgehead atoms. The van der Waals surface area contributed by atoms with Crippen molar-refractivity contribution in [3.8, 4) is 6.07 Å². The van der Waals surface area contributed by atoms with Crippen LogP contribution in [-0.4, -0.2) is 34.9 Å². The summed E-state index contributed by atoms with van der Waals surface area (Å²) >= 11 is 1.93. The van der Waals surface area contributed by atoms with Crippen molar-refractivity contribution in [3.05, 3.63) is 35.4 Å². The van der Waals surface area contributed by atoms with E-state index < -0.39 is 5.60 Å². The summed E-state index contributed by atoms with van der Waals surface area (Å²) in [4.78, 5) is 13.8. The predicted octanol–water partition coefficient (Wildman–Crippen LogP) is 4.19. The van der Waals surface area contributed by atoms with Gasteiger partial charge in [-0.2, -0.15) is 17.0 Å². The van der Waals surface area contributed by atoms with Crippen LogP contribution in [0.15, 0.2) is 24.3 Å². The summed E-state index contributed by atoms with van der Waals surface area (Å²) in [6.07, 6.45) is 1.80. The molecule has 0 spiro atoms. The molecule has 1 amide bonds. The van der Waals surface area contributed by atoms with E-state index in [0.717, 1.165) is 31.7 Å². The van der Waals surface area contributed by atoms with Crippen molar-refractivity contribution in [2.45, 2.75) is 50.2 Å². The fraction of sp³-hybridized carbons (Fsp3) is 0.556. The number of hydrogen-bond donors (Lipinski definition) is 0. The molecule has 1 fully saturated rings. The summed E-state index contributed by atoms with van der Waals surface area (Å²) in [7, 11) is 0. The zero-order valence-corrected chi connectivity index (χ0v) is 14.9. The molecule has 2 rings (SSSR count). The van der Waals surface area contributed by atoms with Gasteiger partial charge >= 0.3 is 6.09 Å². The van der Waals surface area contributed by atoms with Gasteiger partial charge in [-0.3, -0.25) is 0 Å². The molecule has 1 saturated heterocycles. The van der Waals surface area contributed by atoms with Crippen LogP contribution in [0.1, 0.15) is 44.7 Å². The number of nitriles is 1. The Balaban J connectivity index is 1.74. The summed E-state index contributed by atoms with van der Waals surface area (Å²) in [5, 5.41) is 9.38. The summed E-state index contributed by atoms with van der Waals surface area (Å²) in [6.45, 7) is 7.21. The molecular weight excluding hydrogens is 308 g/mol. The third-order valence-corrected chi connectivity index (χ3v) is 5.11. The molecule has 1 aromatic rings. The molecule has 4 nitrogen and oxygen atoms in total. The number of thioether (sulfide) groups is 1. The molecule has 1 aliphatic rings. The van der Waals surface area contributed by atoms with E-state index in [1.54, 1.807) is 0 Å². The van der Waals surface area contributed by atoms with Crippen LogP contribution in [0.25, 0.3) is 0 Å². The standard InChI is InChI=1S/C18H24N2O2S/c1-18(2,3)22-17(21)20-10-8-16(9-11-20)23-13-15-6-4-14(12-19)5-7-15/h4-7,16H,8-11,13H2,1-3H3. The molecule has 1 heterocycles. The monoisotopic (exact) mass is 332 g/mol. The maximum atomic E-state index is 12.0. The van der Waals surface area contributed by atoms with Crippen molar-refractivity contribution < 1.29 is 9.53 Å². The Morgan fingerprint density at radius 2 is 1.91 bits per heavy atom. The zero-order chi connectivity index (χ0) is 16.9. The van der Waals surface area contributed by atoms with Gasteiger partial charge in [-0.1, -0.05) is 12.1 Å². The zero-order valence-electron chi connectivity index (χ0n) is 14.0.